The molecule has 0 radical (unpaired) electrons. The third kappa shape index (κ3) is 4.52. The smallest absolute Gasteiger partial charge is 0.303 e. The quantitative estimate of drug-likeness (QED) is 0.491. The standard InChI is InChI=1S/C24H24N2O3/c25-23(29)21(16-17-22(27)28)26-24(18-10-4-1-5-11-18,19-12-6-2-7-13-19)20-14-8-3-9-15-20/h1-15,21,26H,16-17H2,(H2,25,29)(H,27,28)/t21-/m0/s1. The molecule has 3 aromatic rings. The molecule has 29 heavy (non-hydrogen) atoms. The van der Waals surface area contributed by atoms with Crippen LogP contribution in [0.3, 0.4) is 0 Å². The predicted molar refractivity (Wildman–Crippen MR) is 112 cm³/mol. The van der Waals surface area contributed by atoms with E-state index in [9.17, 15) is 9.59 Å². The molecule has 0 aliphatic carbocycles. The molecule has 1 amide bonds. The lowest BCUT2D eigenvalue weighted by atomic mass is 9.76. The van der Waals surface area contributed by atoms with Crippen molar-refractivity contribution in [1.29, 1.82) is 0 Å². The van der Waals surface area contributed by atoms with Crippen molar-refractivity contribution >= 4 is 11.9 Å². The molecular formula is C24H24N2O3. The summed E-state index contributed by atoms with van der Waals surface area (Å²) in [7, 11) is 0. The van der Waals surface area contributed by atoms with E-state index in [4.69, 9.17) is 10.8 Å². The molecule has 0 aliphatic rings. The van der Waals surface area contributed by atoms with Crippen LogP contribution >= 0.6 is 0 Å². The molecule has 0 saturated heterocycles. The van der Waals surface area contributed by atoms with E-state index in [-0.39, 0.29) is 12.8 Å². The maximum Gasteiger partial charge on any atom is 0.303 e. The molecule has 0 bridgehead atoms. The first-order chi connectivity index (χ1) is 14.0. The average Bonchev–Trinajstić information content (AvgIpc) is 2.75. The highest BCUT2D eigenvalue weighted by molar-refractivity contribution is 5.81. The molecule has 0 spiro atoms. The molecule has 5 heteroatoms. The first kappa shape index (κ1) is 20.3. The summed E-state index contributed by atoms with van der Waals surface area (Å²) < 4.78 is 0. The first-order valence-corrected chi connectivity index (χ1v) is 9.49. The van der Waals surface area contributed by atoms with Gasteiger partial charge in [-0.25, -0.2) is 0 Å². The Morgan fingerprint density at radius 2 is 1.17 bits per heavy atom. The fourth-order valence-corrected chi connectivity index (χ4v) is 3.63. The van der Waals surface area contributed by atoms with Gasteiger partial charge in [-0.05, 0) is 23.1 Å². The number of primary amides is 1. The molecule has 148 valence electrons. The van der Waals surface area contributed by atoms with Gasteiger partial charge in [0.25, 0.3) is 0 Å². The minimum Gasteiger partial charge on any atom is -0.481 e. The van der Waals surface area contributed by atoms with Crippen molar-refractivity contribution in [3.63, 3.8) is 0 Å². The number of nitrogens with two attached hydrogens (primary N) is 1. The third-order valence-corrected chi connectivity index (χ3v) is 5.00. The highest BCUT2D eigenvalue weighted by Crippen LogP contribution is 2.37. The lowest BCUT2D eigenvalue weighted by Crippen LogP contribution is -2.54. The van der Waals surface area contributed by atoms with Crippen LogP contribution in [-0.4, -0.2) is 23.0 Å². The molecule has 4 N–H and O–H groups in total. The van der Waals surface area contributed by atoms with Crippen LogP contribution in [0, 0.1) is 0 Å². The molecular weight excluding hydrogens is 364 g/mol. The lowest BCUT2D eigenvalue weighted by Gasteiger charge is -2.39. The van der Waals surface area contributed by atoms with Gasteiger partial charge >= 0.3 is 5.97 Å². The van der Waals surface area contributed by atoms with Gasteiger partial charge in [0, 0.05) is 6.42 Å². The number of nitrogens with one attached hydrogen (secondary N) is 1. The van der Waals surface area contributed by atoms with Crippen LogP contribution in [0.2, 0.25) is 0 Å². The summed E-state index contributed by atoms with van der Waals surface area (Å²) in [5.41, 5.74) is 7.59. The fourth-order valence-electron chi connectivity index (χ4n) is 3.63. The van der Waals surface area contributed by atoms with Crippen LogP contribution in [0.4, 0.5) is 0 Å². The monoisotopic (exact) mass is 388 g/mol. The average molecular weight is 388 g/mol. The fraction of sp³-hybridized carbons (Fsp3) is 0.167. The molecule has 0 unspecified atom stereocenters. The minimum absolute atomic E-state index is 0.0961. The SMILES string of the molecule is NC(=O)[C@H](CCC(=O)O)NC(c1ccccc1)(c1ccccc1)c1ccccc1. The maximum atomic E-state index is 12.3. The molecule has 5 nitrogen and oxygen atoms in total. The van der Waals surface area contributed by atoms with E-state index >= 15 is 0 Å². The minimum atomic E-state index is -0.970. The van der Waals surface area contributed by atoms with E-state index in [1.54, 1.807) is 0 Å². The van der Waals surface area contributed by atoms with Crippen LogP contribution < -0.4 is 11.1 Å². The largest absolute Gasteiger partial charge is 0.481 e. The number of benzene rings is 3. The van der Waals surface area contributed by atoms with E-state index in [0.717, 1.165) is 16.7 Å². The summed E-state index contributed by atoms with van der Waals surface area (Å²) in [6, 6.07) is 28.5. The topological polar surface area (TPSA) is 92.4 Å². The Bertz CT molecular complexity index is 847. The van der Waals surface area contributed by atoms with E-state index in [1.807, 2.05) is 91.0 Å². The Morgan fingerprint density at radius 3 is 1.48 bits per heavy atom. The number of hydrogen-bond donors (Lipinski definition) is 3. The third-order valence-electron chi connectivity index (χ3n) is 5.00. The Hall–Kier alpha value is -3.44. The second kappa shape index (κ2) is 9.17. The Kier molecular flexibility index (Phi) is 6.42. The number of carboxylic acid groups (broad SMARTS) is 1. The summed E-state index contributed by atoms with van der Waals surface area (Å²) in [6.45, 7) is 0. The van der Waals surface area contributed by atoms with Crippen molar-refractivity contribution in [2.75, 3.05) is 0 Å². The van der Waals surface area contributed by atoms with E-state index < -0.39 is 23.5 Å². The summed E-state index contributed by atoms with van der Waals surface area (Å²) in [5.74, 6) is -1.55. The van der Waals surface area contributed by atoms with Crippen molar-refractivity contribution in [3.8, 4) is 0 Å². The van der Waals surface area contributed by atoms with Crippen LogP contribution in [0.15, 0.2) is 91.0 Å². The van der Waals surface area contributed by atoms with Gasteiger partial charge < -0.3 is 10.8 Å². The molecule has 0 aromatic heterocycles. The number of amides is 1. The number of carboxylic acids is 1. The Labute approximate surface area is 170 Å². The second-order valence-electron chi connectivity index (χ2n) is 6.88. The number of rotatable bonds is 9. The summed E-state index contributed by atoms with van der Waals surface area (Å²) in [5, 5.41) is 12.5. The summed E-state index contributed by atoms with van der Waals surface area (Å²) in [4.78, 5) is 23.4. The highest BCUT2D eigenvalue weighted by atomic mass is 16.4. The van der Waals surface area contributed by atoms with Gasteiger partial charge in [-0.2, -0.15) is 0 Å². The highest BCUT2D eigenvalue weighted by Gasteiger charge is 2.39. The van der Waals surface area contributed by atoms with Gasteiger partial charge in [0.2, 0.25) is 5.91 Å². The van der Waals surface area contributed by atoms with Gasteiger partial charge in [0.15, 0.2) is 0 Å². The lowest BCUT2D eigenvalue weighted by molar-refractivity contribution is -0.137. The second-order valence-corrected chi connectivity index (χ2v) is 6.88. The van der Waals surface area contributed by atoms with Gasteiger partial charge in [-0.3, -0.25) is 14.9 Å². The van der Waals surface area contributed by atoms with Crippen molar-refractivity contribution in [1.82, 2.24) is 5.32 Å². The Balaban J connectivity index is 2.21. The van der Waals surface area contributed by atoms with Gasteiger partial charge in [0.1, 0.15) is 0 Å². The normalized spacial score (nSPS) is 12.3. The van der Waals surface area contributed by atoms with Gasteiger partial charge in [-0.15, -0.1) is 0 Å². The summed E-state index contributed by atoms with van der Waals surface area (Å²) >= 11 is 0. The molecule has 0 aliphatic heterocycles. The van der Waals surface area contributed by atoms with Crippen molar-refractivity contribution in [2.24, 2.45) is 5.73 Å². The summed E-state index contributed by atoms with van der Waals surface area (Å²) in [6.07, 6.45) is -0.0615. The number of hydrogen-bond acceptors (Lipinski definition) is 3. The van der Waals surface area contributed by atoms with Crippen molar-refractivity contribution < 1.29 is 14.7 Å². The van der Waals surface area contributed by atoms with Crippen LogP contribution in [0.1, 0.15) is 29.5 Å². The van der Waals surface area contributed by atoms with E-state index in [1.165, 1.54) is 0 Å². The first-order valence-electron chi connectivity index (χ1n) is 9.49. The number of carbonyl (C=O) groups is 2. The van der Waals surface area contributed by atoms with Gasteiger partial charge in [-0.1, -0.05) is 91.0 Å². The molecule has 0 heterocycles. The molecule has 3 aromatic carbocycles. The number of aliphatic carboxylic acids is 1. The zero-order chi connectivity index (χ0) is 20.7. The molecule has 1 atom stereocenters. The zero-order valence-corrected chi connectivity index (χ0v) is 16.0. The number of carbonyl (C=O) groups excluding carboxylic acids is 1. The zero-order valence-electron chi connectivity index (χ0n) is 16.0. The van der Waals surface area contributed by atoms with Crippen molar-refractivity contribution in [2.45, 2.75) is 24.4 Å². The van der Waals surface area contributed by atoms with Crippen LogP contribution in [-0.2, 0) is 15.1 Å². The maximum absolute atomic E-state index is 12.3. The van der Waals surface area contributed by atoms with E-state index in [0.29, 0.717) is 0 Å². The predicted octanol–water partition coefficient (Wildman–Crippen LogP) is 3.29. The molecule has 3 rings (SSSR count). The van der Waals surface area contributed by atoms with Gasteiger partial charge in [0.05, 0.1) is 11.6 Å². The van der Waals surface area contributed by atoms with Crippen molar-refractivity contribution in [3.05, 3.63) is 108 Å². The van der Waals surface area contributed by atoms with E-state index in [2.05, 4.69) is 5.32 Å². The molecule has 0 fully saturated rings. The Morgan fingerprint density at radius 1 is 0.793 bits per heavy atom. The molecule has 0 saturated carbocycles. The van der Waals surface area contributed by atoms with Crippen LogP contribution in [0.25, 0.3) is 0 Å². The van der Waals surface area contributed by atoms with Crippen LogP contribution in [0.5, 0.6) is 0 Å².